The van der Waals surface area contributed by atoms with Crippen LogP contribution in [0.15, 0.2) is 12.2 Å². The van der Waals surface area contributed by atoms with Crippen molar-refractivity contribution in [3.05, 3.63) is 12.2 Å². The molecular formula is C15H28N4O2. The van der Waals surface area contributed by atoms with Crippen LogP contribution in [0.25, 0.3) is 0 Å². The van der Waals surface area contributed by atoms with Crippen LogP contribution >= 0.6 is 0 Å². The van der Waals surface area contributed by atoms with E-state index < -0.39 is 0 Å². The molecule has 0 atom stereocenters. The molecule has 0 radical (unpaired) electrons. The molecule has 120 valence electrons. The lowest BCUT2D eigenvalue weighted by molar-refractivity contribution is -0.133. The minimum Gasteiger partial charge on any atom is -0.369 e. The SMILES string of the molecule is C=C(C)CN(CC)C(=O)CN(CC(N)=O)C1CCNCC1. The maximum atomic E-state index is 12.4. The van der Waals surface area contributed by atoms with Crippen molar-refractivity contribution < 1.29 is 9.59 Å². The van der Waals surface area contributed by atoms with Crippen LogP contribution in [0.3, 0.4) is 0 Å². The number of rotatable bonds is 8. The molecule has 3 N–H and O–H groups in total. The summed E-state index contributed by atoms with van der Waals surface area (Å²) in [5, 5.41) is 3.29. The van der Waals surface area contributed by atoms with E-state index in [0.29, 0.717) is 13.1 Å². The lowest BCUT2D eigenvalue weighted by atomic mass is 10.0. The number of hydrogen-bond acceptors (Lipinski definition) is 4. The van der Waals surface area contributed by atoms with Gasteiger partial charge < -0.3 is 16.0 Å². The Labute approximate surface area is 127 Å². The Morgan fingerprint density at radius 3 is 2.33 bits per heavy atom. The molecule has 0 saturated carbocycles. The standard InChI is InChI=1S/C15H28N4O2/c1-4-18(9-12(2)3)15(21)11-19(10-14(16)20)13-5-7-17-8-6-13/h13,17H,2,4-11H2,1,3H3,(H2,16,20). The van der Waals surface area contributed by atoms with Gasteiger partial charge in [-0.3, -0.25) is 14.5 Å². The molecule has 1 rings (SSSR count). The predicted octanol–water partition coefficient (Wildman–Crippen LogP) is -0.0497. The van der Waals surface area contributed by atoms with Crippen LogP contribution in [0, 0.1) is 0 Å². The van der Waals surface area contributed by atoms with Crippen LogP contribution in [0.5, 0.6) is 0 Å². The molecule has 1 aliphatic heterocycles. The van der Waals surface area contributed by atoms with Crippen molar-refractivity contribution in [2.45, 2.75) is 32.7 Å². The van der Waals surface area contributed by atoms with Crippen molar-refractivity contribution in [1.29, 1.82) is 0 Å². The largest absolute Gasteiger partial charge is 0.369 e. The first-order chi connectivity index (χ1) is 9.93. The van der Waals surface area contributed by atoms with Gasteiger partial charge in [0.2, 0.25) is 11.8 Å². The van der Waals surface area contributed by atoms with Gasteiger partial charge in [-0.2, -0.15) is 0 Å². The van der Waals surface area contributed by atoms with Crippen LogP contribution < -0.4 is 11.1 Å². The number of carbonyl (C=O) groups excluding carboxylic acids is 2. The Morgan fingerprint density at radius 2 is 1.86 bits per heavy atom. The second-order valence-corrected chi connectivity index (χ2v) is 5.72. The van der Waals surface area contributed by atoms with Crippen LogP contribution in [0.4, 0.5) is 0 Å². The predicted molar refractivity (Wildman–Crippen MR) is 83.7 cm³/mol. The number of piperidine rings is 1. The first kappa shape index (κ1) is 17.7. The highest BCUT2D eigenvalue weighted by Gasteiger charge is 2.25. The highest BCUT2D eigenvalue weighted by Crippen LogP contribution is 2.12. The molecule has 2 amide bonds. The number of nitrogens with one attached hydrogen (secondary N) is 1. The lowest BCUT2D eigenvalue weighted by Gasteiger charge is -2.34. The highest BCUT2D eigenvalue weighted by atomic mass is 16.2. The Morgan fingerprint density at radius 1 is 1.24 bits per heavy atom. The average Bonchev–Trinajstić information content (AvgIpc) is 2.44. The van der Waals surface area contributed by atoms with Crippen molar-refractivity contribution in [3.63, 3.8) is 0 Å². The summed E-state index contributed by atoms with van der Waals surface area (Å²) >= 11 is 0. The molecule has 6 heteroatoms. The summed E-state index contributed by atoms with van der Waals surface area (Å²) < 4.78 is 0. The van der Waals surface area contributed by atoms with Gasteiger partial charge in [-0.25, -0.2) is 0 Å². The number of primary amides is 1. The van der Waals surface area contributed by atoms with Gasteiger partial charge in [0.25, 0.3) is 0 Å². The first-order valence-electron chi connectivity index (χ1n) is 7.59. The van der Waals surface area contributed by atoms with Crippen LogP contribution in [-0.2, 0) is 9.59 Å². The number of hydrogen-bond donors (Lipinski definition) is 2. The Bertz CT molecular complexity index is 378. The smallest absolute Gasteiger partial charge is 0.237 e. The fourth-order valence-electron chi connectivity index (χ4n) is 2.66. The maximum absolute atomic E-state index is 12.4. The second-order valence-electron chi connectivity index (χ2n) is 5.72. The van der Waals surface area contributed by atoms with Gasteiger partial charge in [-0.1, -0.05) is 12.2 Å². The lowest BCUT2D eigenvalue weighted by Crippen LogP contribution is -2.50. The highest BCUT2D eigenvalue weighted by molar-refractivity contribution is 5.80. The number of carbonyl (C=O) groups is 2. The molecular weight excluding hydrogens is 268 g/mol. The van der Waals surface area contributed by atoms with Crippen LogP contribution in [0.1, 0.15) is 26.7 Å². The zero-order chi connectivity index (χ0) is 15.8. The summed E-state index contributed by atoms with van der Waals surface area (Å²) in [6.07, 6.45) is 1.88. The number of nitrogens with zero attached hydrogens (tertiary/aromatic N) is 2. The van der Waals surface area contributed by atoms with Crippen molar-refractivity contribution >= 4 is 11.8 Å². The van der Waals surface area contributed by atoms with E-state index in [1.54, 1.807) is 4.90 Å². The number of likely N-dealkylation sites (N-methyl/N-ethyl adjacent to an activating group) is 1. The van der Waals surface area contributed by atoms with Crippen molar-refractivity contribution in [2.75, 3.05) is 39.3 Å². The molecule has 21 heavy (non-hydrogen) atoms. The topological polar surface area (TPSA) is 78.7 Å². The third-order valence-electron chi connectivity index (χ3n) is 3.72. The van der Waals surface area contributed by atoms with Crippen molar-refractivity contribution in [1.82, 2.24) is 15.1 Å². The normalized spacial score (nSPS) is 16.0. The van der Waals surface area contributed by atoms with Crippen molar-refractivity contribution in [2.24, 2.45) is 5.73 Å². The van der Waals surface area contributed by atoms with E-state index in [-0.39, 0.29) is 30.9 Å². The quantitative estimate of drug-likeness (QED) is 0.616. The van der Waals surface area contributed by atoms with E-state index in [4.69, 9.17) is 5.73 Å². The Hall–Kier alpha value is -1.40. The van der Waals surface area contributed by atoms with E-state index >= 15 is 0 Å². The Balaban J connectivity index is 2.67. The minimum atomic E-state index is -0.385. The molecule has 6 nitrogen and oxygen atoms in total. The zero-order valence-electron chi connectivity index (χ0n) is 13.2. The van der Waals surface area contributed by atoms with Gasteiger partial charge in [0, 0.05) is 19.1 Å². The summed E-state index contributed by atoms with van der Waals surface area (Å²) in [5.74, 6) is -0.357. The summed E-state index contributed by atoms with van der Waals surface area (Å²) in [6, 6.07) is 0.242. The molecule has 1 saturated heterocycles. The zero-order valence-corrected chi connectivity index (χ0v) is 13.2. The van der Waals surface area contributed by atoms with Gasteiger partial charge in [-0.15, -0.1) is 0 Å². The summed E-state index contributed by atoms with van der Waals surface area (Å²) in [6.45, 7) is 11.1. The maximum Gasteiger partial charge on any atom is 0.237 e. The molecule has 0 unspecified atom stereocenters. The molecule has 0 aromatic heterocycles. The summed E-state index contributed by atoms with van der Waals surface area (Å²) in [5.41, 5.74) is 6.28. The molecule has 0 aromatic rings. The molecule has 0 aromatic carbocycles. The third kappa shape index (κ3) is 6.27. The molecule has 1 aliphatic rings. The average molecular weight is 296 g/mol. The van der Waals surface area contributed by atoms with E-state index in [0.717, 1.165) is 31.5 Å². The molecule has 0 aliphatic carbocycles. The van der Waals surface area contributed by atoms with E-state index in [9.17, 15) is 9.59 Å². The van der Waals surface area contributed by atoms with Crippen LogP contribution in [0.2, 0.25) is 0 Å². The molecule has 1 heterocycles. The van der Waals surface area contributed by atoms with E-state index in [1.165, 1.54) is 0 Å². The van der Waals surface area contributed by atoms with Gasteiger partial charge >= 0.3 is 0 Å². The fraction of sp³-hybridized carbons (Fsp3) is 0.733. The van der Waals surface area contributed by atoms with E-state index in [2.05, 4.69) is 11.9 Å². The van der Waals surface area contributed by atoms with Crippen molar-refractivity contribution in [3.8, 4) is 0 Å². The van der Waals surface area contributed by atoms with Gasteiger partial charge in [0.05, 0.1) is 13.1 Å². The fourth-order valence-corrected chi connectivity index (χ4v) is 2.66. The molecule has 0 bridgehead atoms. The third-order valence-corrected chi connectivity index (χ3v) is 3.72. The molecule has 1 fully saturated rings. The van der Waals surface area contributed by atoms with Gasteiger partial charge in [-0.05, 0) is 39.8 Å². The second kappa shape index (κ2) is 8.79. The molecule has 0 spiro atoms. The number of amides is 2. The van der Waals surface area contributed by atoms with Gasteiger partial charge in [0.1, 0.15) is 0 Å². The Kier molecular flexibility index (Phi) is 7.39. The van der Waals surface area contributed by atoms with E-state index in [1.807, 2.05) is 18.7 Å². The summed E-state index contributed by atoms with van der Waals surface area (Å²) in [4.78, 5) is 27.4. The summed E-state index contributed by atoms with van der Waals surface area (Å²) in [7, 11) is 0. The first-order valence-corrected chi connectivity index (χ1v) is 7.59. The monoisotopic (exact) mass is 296 g/mol. The van der Waals surface area contributed by atoms with Crippen LogP contribution in [-0.4, -0.2) is 66.9 Å². The van der Waals surface area contributed by atoms with Gasteiger partial charge in [0.15, 0.2) is 0 Å². The number of nitrogens with two attached hydrogens (primary N) is 1. The minimum absolute atomic E-state index is 0.0280.